The Morgan fingerprint density at radius 3 is 2.82 bits per heavy atom. The summed E-state index contributed by atoms with van der Waals surface area (Å²) < 4.78 is 7.30. The van der Waals surface area contributed by atoms with Crippen LogP contribution in [-0.2, 0) is 0 Å². The molecule has 1 aliphatic rings. The fraction of sp³-hybridized carbons (Fsp3) is 0.350. The molecule has 1 atom stereocenters. The van der Waals surface area contributed by atoms with Crippen LogP contribution in [0.1, 0.15) is 12.5 Å². The summed E-state index contributed by atoms with van der Waals surface area (Å²) in [4.78, 5) is 6.88. The molecule has 4 rings (SSSR count). The Balaban J connectivity index is 1.73. The number of nitrogens with one attached hydrogen (secondary N) is 1. The van der Waals surface area contributed by atoms with Gasteiger partial charge in [0.25, 0.3) is 0 Å². The van der Waals surface area contributed by atoms with Gasteiger partial charge in [-0.3, -0.25) is 0 Å². The van der Waals surface area contributed by atoms with Crippen molar-refractivity contribution in [3.05, 3.63) is 42.4 Å². The molecule has 1 saturated heterocycles. The van der Waals surface area contributed by atoms with Crippen LogP contribution in [0.25, 0.3) is 16.6 Å². The average molecular weight is 378 g/mol. The van der Waals surface area contributed by atoms with E-state index in [0.717, 1.165) is 43.1 Å². The molecule has 3 aromatic heterocycles. The summed E-state index contributed by atoms with van der Waals surface area (Å²) in [6, 6.07) is 8.07. The molecule has 8 nitrogen and oxygen atoms in total. The van der Waals surface area contributed by atoms with Crippen LogP contribution >= 0.6 is 0 Å². The molecule has 144 valence electrons. The fourth-order valence-electron chi connectivity index (χ4n) is 3.32. The number of hydrogen-bond donors (Lipinski definition) is 2. The molecule has 28 heavy (non-hydrogen) atoms. The zero-order valence-electron chi connectivity index (χ0n) is 15.7. The van der Waals surface area contributed by atoms with E-state index in [9.17, 15) is 10.4 Å². The summed E-state index contributed by atoms with van der Waals surface area (Å²) in [6.45, 7) is 5.61. The summed E-state index contributed by atoms with van der Waals surface area (Å²) in [5.41, 5.74) is 2.90. The lowest BCUT2D eigenvalue weighted by Gasteiger charge is -2.28. The Labute approximate surface area is 163 Å². The predicted octanol–water partition coefficient (Wildman–Crippen LogP) is 1.44. The van der Waals surface area contributed by atoms with E-state index in [-0.39, 0.29) is 6.61 Å². The number of hydrogen-bond acceptors (Lipinski definition) is 7. The van der Waals surface area contributed by atoms with Gasteiger partial charge in [0.1, 0.15) is 24.2 Å². The summed E-state index contributed by atoms with van der Waals surface area (Å²) in [5, 5.41) is 26.6. The second-order valence-electron chi connectivity index (χ2n) is 6.85. The zero-order chi connectivity index (χ0) is 19.5. The van der Waals surface area contributed by atoms with Gasteiger partial charge in [-0.05, 0) is 25.1 Å². The Bertz CT molecular complexity index is 1000. The van der Waals surface area contributed by atoms with Crippen LogP contribution in [0.2, 0.25) is 0 Å². The standard InChI is InChI=1S/C20H22N6O2/c1-14(27)13-28-17-8-18(20-16(9-21)11-24-26(20)12-17)15-2-3-19(23-10-15)25-6-4-22-5-7-25/h2-3,8,10-12,14,22,27H,4-7,13H2,1H3/t14-/m1/s1. The number of anilines is 1. The van der Waals surface area contributed by atoms with Crippen molar-refractivity contribution in [1.29, 1.82) is 5.26 Å². The first-order chi connectivity index (χ1) is 13.7. The molecular weight excluding hydrogens is 356 g/mol. The smallest absolute Gasteiger partial charge is 0.138 e. The van der Waals surface area contributed by atoms with Gasteiger partial charge in [-0.15, -0.1) is 0 Å². The number of nitrogens with zero attached hydrogens (tertiary/aromatic N) is 5. The number of aliphatic hydroxyl groups is 1. The van der Waals surface area contributed by atoms with Crippen LogP contribution in [0, 0.1) is 11.3 Å². The maximum absolute atomic E-state index is 9.50. The molecule has 0 aliphatic carbocycles. The summed E-state index contributed by atoms with van der Waals surface area (Å²) in [7, 11) is 0. The van der Waals surface area contributed by atoms with Crippen LogP contribution in [0.3, 0.4) is 0 Å². The normalized spacial score (nSPS) is 15.4. The second-order valence-corrected chi connectivity index (χ2v) is 6.85. The highest BCUT2D eigenvalue weighted by atomic mass is 16.5. The average Bonchev–Trinajstić information content (AvgIpc) is 3.15. The molecule has 8 heteroatoms. The van der Waals surface area contributed by atoms with Crippen LogP contribution in [-0.4, -0.2) is 58.6 Å². The Hall–Kier alpha value is -3.15. The SMILES string of the molecule is C[C@@H](O)COc1cc(-c2ccc(N3CCNCC3)nc2)c2c(C#N)cnn2c1. The maximum Gasteiger partial charge on any atom is 0.138 e. The summed E-state index contributed by atoms with van der Waals surface area (Å²) in [6.07, 6.45) is 4.50. The van der Waals surface area contributed by atoms with Gasteiger partial charge in [0.05, 0.1) is 29.6 Å². The second kappa shape index (κ2) is 7.84. The van der Waals surface area contributed by atoms with Gasteiger partial charge in [-0.1, -0.05) is 0 Å². The van der Waals surface area contributed by atoms with E-state index in [1.807, 2.05) is 24.4 Å². The lowest BCUT2D eigenvalue weighted by molar-refractivity contribution is 0.122. The number of nitriles is 1. The first-order valence-electron chi connectivity index (χ1n) is 9.30. The molecule has 2 N–H and O–H groups in total. The zero-order valence-corrected chi connectivity index (χ0v) is 15.7. The molecule has 1 fully saturated rings. The van der Waals surface area contributed by atoms with Gasteiger partial charge in [0, 0.05) is 43.5 Å². The molecule has 0 saturated carbocycles. The molecule has 4 heterocycles. The number of aromatic nitrogens is 3. The van der Waals surface area contributed by atoms with Gasteiger partial charge in [0.15, 0.2) is 0 Å². The topological polar surface area (TPSA) is 98.7 Å². The van der Waals surface area contributed by atoms with Crippen molar-refractivity contribution in [3.8, 4) is 22.9 Å². The van der Waals surface area contributed by atoms with Crippen LogP contribution < -0.4 is 15.0 Å². The Morgan fingerprint density at radius 1 is 1.32 bits per heavy atom. The van der Waals surface area contributed by atoms with Crippen molar-refractivity contribution >= 4 is 11.3 Å². The van der Waals surface area contributed by atoms with Crippen LogP contribution in [0.4, 0.5) is 5.82 Å². The van der Waals surface area contributed by atoms with E-state index in [1.54, 1.807) is 23.8 Å². The maximum atomic E-state index is 9.50. The van der Waals surface area contributed by atoms with E-state index in [0.29, 0.717) is 16.8 Å². The van der Waals surface area contributed by atoms with Crippen LogP contribution in [0.5, 0.6) is 5.75 Å². The van der Waals surface area contributed by atoms with Crippen molar-refractivity contribution in [3.63, 3.8) is 0 Å². The molecule has 1 aliphatic heterocycles. The number of ether oxygens (including phenoxy) is 1. The van der Waals surface area contributed by atoms with E-state index in [1.165, 1.54) is 0 Å². The first-order valence-corrected chi connectivity index (χ1v) is 9.30. The molecule has 0 amide bonds. The van der Waals surface area contributed by atoms with Gasteiger partial charge in [-0.25, -0.2) is 9.50 Å². The monoisotopic (exact) mass is 378 g/mol. The molecular formula is C20H22N6O2. The van der Waals surface area contributed by atoms with Gasteiger partial charge < -0.3 is 20.1 Å². The lowest BCUT2D eigenvalue weighted by Crippen LogP contribution is -2.43. The van der Waals surface area contributed by atoms with Crippen LogP contribution in [0.15, 0.2) is 36.8 Å². The molecule has 3 aromatic rings. The number of pyridine rings is 2. The number of aliphatic hydroxyl groups excluding tert-OH is 1. The molecule has 0 radical (unpaired) electrons. The van der Waals surface area contributed by atoms with E-state index in [4.69, 9.17) is 4.74 Å². The highest BCUT2D eigenvalue weighted by molar-refractivity contribution is 5.85. The molecule has 0 bridgehead atoms. The Kier molecular flexibility index (Phi) is 5.10. The first kappa shape index (κ1) is 18.2. The third-order valence-electron chi connectivity index (χ3n) is 4.70. The van der Waals surface area contributed by atoms with E-state index < -0.39 is 6.10 Å². The van der Waals surface area contributed by atoms with E-state index >= 15 is 0 Å². The number of rotatable bonds is 5. The Morgan fingerprint density at radius 2 is 2.14 bits per heavy atom. The van der Waals surface area contributed by atoms with Crippen molar-refractivity contribution in [2.24, 2.45) is 0 Å². The minimum atomic E-state index is -0.577. The lowest BCUT2D eigenvalue weighted by atomic mass is 10.1. The fourth-order valence-corrected chi connectivity index (χ4v) is 3.32. The molecule has 0 unspecified atom stereocenters. The highest BCUT2D eigenvalue weighted by Gasteiger charge is 2.16. The van der Waals surface area contributed by atoms with Gasteiger partial charge in [0.2, 0.25) is 0 Å². The number of piperazine rings is 1. The largest absolute Gasteiger partial charge is 0.489 e. The van der Waals surface area contributed by atoms with Crippen molar-refractivity contribution < 1.29 is 9.84 Å². The predicted molar refractivity (Wildman–Crippen MR) is 105 cm³/mol. The van der Waals surface area contributed by atoms with Gasteiger partial charge >= 0.3 is 0 Å². The van der Waals surface area contributed by atoms with Gasteiger partial charge in [-0.2, -0.15) is 10.4 Å². The minimum Gasteiger partial charge on any atom is -0.489 e. The van der Waals surface area contributed by atoms with E-state index in [2.05, 4.69) is 26.4 Å². The summed E-state index contributed by atoms with van der Waals surface area (Å²) in [5.74, 6) is 1.51. The quantitative estimate of drug-likeness (QED) is 0.693. The molecule has 0 aromatic carbocycles. The van der Waals surface area contributed by atoms with Crippen molar-refractivity contribution in [2.45, 2.75) is 13.0 Å². The van der Waals surface area contributed by atoms with Crippen molar-refractivity contribution in [2.75, 3.05) is 37.7 Å². The highest BCUT2D eigenvalue weighted by Crippen LogP contribution is 2.31. The minimum absolute atomic E-state index is 0.178. The van der Waals surface area contributed by atoms with Crippen molar-refractivity contribution in [1.82, 2.24) is 19.9 Å². The third-order valence-corrected chi connectivity index (χ3v) is 4.70. The third kappa shape index (κ3) is 3.63. The molecule has 0 spiro atoms. The summed E-state index contributed by atoms with van der Waals surface area (Å²) >= 11 is 0. The number of fused-ring (bicyclic) bond motifs is 1.